The van der Waals surface area contributed by atoms with Gasteiger partial charge in [-0.15, -0.1) is 0 Å². The van der Waals surface area contributed by atoms with Gasteiger partial charge in [0.15, 0.2) is 0 Å². The molecule has 0 spiro atoms. The molecular weight excluding hydrogens is 272 g/mol. The number of hydrogen-bond donors (Lipinski definition) is 4. The summed E-state index contributed by atoms with van der Waals surface area (Å²) < 4.78 is 0. The van der Waals surface area contributed by atoms with Crippen molar-refractivity contribution in [2.45, 2.75) is 13.1 Å². The van der Waals surface area contributed by atoms with Gasteiger partial charge in [0.05, 0.1) is 0 Å². The first-order chi connectivity index (χ1) is 10.8. The van der Waals surface area contributed by atoms with Gasteiger partial charge in [-0.05, 0) is 28.3 Å². The molecule has 2 aromatic carbocycles. The first-order valence-electron chi connectivity index (χ1n) is 7.84. The second kappa shape index (κ2) is 9.33. The Bertz CT molecular complexity index is 569. The standard InChI is InChI=1S/C18H26N4/c19-8-10-21-13-15-4-3-6-16(12-15)18-7-2-1-5-17(18)14-22-11-9-20/h1-7,12,21-22H,8-11,13-14,19-20H2. The second-order valence-corrected chi connectivity index (χ2v) is 5.29. The van der Waals surface area contributed by atoms with Gasteiger partial charge in [-0.3, -0.25) is 0 Å². The fourth-order valence-corrected chi connectivity index (χ4v) is 2.46. The molecule has 0 aliphatic carbocycles. The van der Waals surface area contributed by atoms with E-state index in [9.17, 15) is 0 Å². The molecule has 0 saturated carbocycles. The topological polar surface area (TPSA) is 76.1 Å². The van der Waals surface area contributed by atoms with Crippen LogP contribution < -0.4 is 22.1 Å². The van der Waals surface area contributed by atoms with Crippen LogP contribution in [0.4, 0.5) is 0 Å². The molecular formula is C18H26N4. The third kappa shape index (κ3) is 4.93. The Kier molecular flexibility index (Phi) is 7.06. The fourth-order valence-electron chi connectivity index (χ4n) is 2.46. The van der Waals surface area contributed by atoms with Gasteiger partial charge in [-0.25, -0.2) is 0 Å². The number of nitrogens with two attached hydrogens (primary N) is 2. The van der Waals surface area contributed by atoms with Crippen LogP contribution >= 0.6 is 0 Å². The van der Waals surface area contributed by atoms with Crippen LogP contribution in [0, 0.1) is 0 Å². The second-order valence-electron chi connectivity index (χ2n) is 5.29. The molecule has 6 N–H and O–H groups in total. The summed E-state index contributed by atoms with van der Waals surface area (Å²) in [5.41, 5.74) is 16.1. The van der Waals surface area contributed by atoms with Crippen LogP contribution in [0.15, 0.2) is 48.5 Å². The van der Waals surface area contributed by atoms with Crippen molar-refractivity contribution in [2.75, 3.05) is 26.2 Å². The summed E-state index contributed by atoms with van der Waals surface area (Å²) >= 11 is 0. The zero-order valence-corrected chi connectivity index (χ0v) is 13.0. The van der Waals surface area contributed by atoms with E-state index in [1.807, 2.05) is 0 Å². The summed E-state index contributed by atoms with van der Waals surface area (Å²) in [6.45, 7) is 4.67. The molecule has 4 nitrogen and oxygen atoms in total. The van der Waals surface area contributed by atoms with Crippen LogP contribution in [-0.2, 0) is 13.1 Å². The van der Waals surface area contributed by atoms with Crippen LogP contribution in [0.25, 0.3) is 11.1 Å². The molecule has 0 bridgehead atoms. The molecule has 0 aliphatic rings. The van der Waals surface area contributed by atoms with Crippen molar-refractivity contribution in [1.82, 2.24) is 10.6 Å². The van der Waals surface area contributed by atoms with Crippen molar-refractivity contribution < 1.29 is 0 Å². The summed E-state index contributed by atoms with van der Waals surface area (Å²) in [6.07, 6.45) is 0. The molecule has 118 valence electrons. The quantitative estimate of drug-likeness (QED) is 0.529. The van der Waals surface area contributed by atoms with Crippen molar-refractivity contribution in [3.05, 3.63) is 59.7 Å². The Morgan fingerprint density at radius 1 is 0.773 bits per heavy atom. The lowest BCUT2D eigenvalue weighted by atomic mass is 9.98. The minimum absolute atomic E-state index is 0.657. The average Bonchev–Trinajstić information content (AvgIpc) is 2.56. The van der Waals surface area contributed by atoms with Crippen molar-refractivity contribution in [3.8, 4) is 11.1 Å². The highest BCUT2D eigenvalue weighted by Gasteiger charge is 2.05. The maximum atomic E-state index is 5.54. The normalized spacial score (nSPS) is 10.8. The zero-order chi connectivity index (χ0) is 15.6. The van der Waals surface area contributed by atoms with Gasteiger partial charge in [-0.2, -0.15) is 0 Å². The molecule has 0 saturated heterocycles. The lowest BCUT2D eigenvalue weighted by Crippen LogP contribution is -2.22. The molecule has 0 aliphatic heterocycles. The van der Waals surface area contributed by atoms with Crippen LogP contribution in [0.2, 0.25) is 0 Å². The van der Waals surface area contributed by atoms with Gasteiger partial charge in [0.1, 0.15) is 0 Å². The van der Waals surface area contributed by atoms with Gasteiger partial charge < -0.3 is 22.1 Å². The van der Waals surface area contributed by atoms with Crippen LogP contribution in [0.1, 0.15) is 11.1 Å². The maximum absolute atomic E-state index is 5.54. The molecule has 0 fully saturated rings. The molecule has 0 heterocycles. The SMILES string of the molecule is NCCNCc1cccc(-c2ccccc2CNCCN)c1. The van der Waals surface area contributed by atoms with E-state index in [-0.39, 0.29) is 0 Å². The molecule has 0 unspecified atom stereocenters. The highest BCUT2D eigenvalue weighted by atomic mass is 14.9. The third-order valence-electron chi connectivity index (χ3n) is 3.54. The van der Waals surface area contributed by atoms with Gasteiger partial charge in [-0.1, -0.05) is 42.5 Å². The van der Waals surface area contributed by atoms with E-state index in [0.717, 1.165) is 26.2 Å². The fraction of sp³-hybridized carbons (Fsp3) is 0.333. The molecule has 2 rings (SSSR count). The summed E-state index contributed by atoms with van der Waals surface area (Å²) in [7, 11) is 0. The van der Waals surface area contributed by atoms with E-state index < -0.39 is 0 Å². The minimum Gasteiger partial charge on any atom is -0.329 e. The molecule has 0 amide bonds. The van der Waals surface area contributed by atoms with Crippen molar-refractivity contribution in [3.63, 3.8) is 0 Å². The minimum atomic E-state index is 0.657. The monoisotopic (exact) mass is 298 g/mol. The van der Waals surface area contributed by atoms with Crippen molar-refractivity contribution in [2.24, 2.45) is 11.5 Å². The van der Waals surface area contributed by atoms with Gasteiger partial charge >= 0.3 is 0 Å². The van der Waals surface area contributed by atoms with Crippen LogP contribution in [0.3, 0.4) is 0 Å². The Balaban J connectivity index is 2.15. The Morgan fingerprint density at radius 3 is 2.27 bits per heavy atom. The highest BCUT2D eigenvalue weighted by Crippen LogP contribution is 2.24. The first-order valence-corrected chi connectivity index (χ1v) is 7.84. The molecule has 0 radical (unpaired) electrons. The van der Waals surface area contributed by atoms with Gasteiger partial charge in [0, 0.05) is 39.3 Å². The van der Waals surface area contributed by atoms with Crippen LogP contribution in [0.5, 0.6) is 0 Å². The van der Waals surface area contributed by atoms with E-state index in [4.69, 9.17) is 11.5 Å². The van der Waals surface area contributed by atoms with Crippen molar-refractivity contribution in [1.29, 1.82) is 0 Å². The predicted octanol–water partition coefficient (Wildman–Crippen LogP) is 1.45. The number of benzene rings is 2. The predicted molar refractivity (Wildman–Crippen MR) is 93.4 cm³/mol. The molecule has 4 heteroatoms. The van der Waals surface area contributed by atoms with E-state index in [1.54, 1.807) is 0 Å². The van der Waals surface area contributed by atoms with E-state index in [2.05, 4.69) is 59.2 Å². The summed E-state index contributed by atoms with van der Waals surface area (Å²) in [5, 5.41) is 6.70. The van der Waals surface area contributed by atoms with Crippen LogP contribution in [-0.4, -0.2) is 26.2 Å². The molecule has 22 heavy (non-hydrogen) atoms. The summed E-state index contributed by atoms with van der Waals surface area (Å²) in [5.74, 6) is 0. The largest absolute Gasteiger partial charge is 0.329 e. The van der Waals surface area contributed by atoms with Gasteiger partial charge in [0.2, 0.25) is 0 Å². The third-order valence-corrected chi connectivity index (χ3v) is 3.54. The first kappa shape index (κ1) is 16.6. The highest BCUT2D eigenvalue weighted by molar-refractivity contribution is 5.68. The van der Waals surface area contributed by atoms with E-state index in [0.29, 0.717) is 13.1 Å². The number of hydrogen-bond acceptors (Lipinski definition) is 4. The lowest BCUT2D eigenvalue weighted by molar-refractivity contribution is 0.694. The summed E-state index contributed by atoms with van der Waals surface area (Å²) in [4.78, 5) is 0. The molecule has 0 aromatic heterocycles. The number of rotatable bonds is 9. The van der Waals surface area contributed by atoms with E-state index in [1.165, 1.54) is 22.3 Å². The Morgan fingerprint density at radius 2 is 1.50 bits per heavy atom. The Hall–Kier alpha value is -1.72. The van der Waals surface area contributed by atoms with E-state index >= 15 is 0 Å². The number of nitrogens with one attached hydrogen (secondary N) is 2. The average molecular weight is 298 g/mol. The summed E-state index contributed by atoms with van der Waals surface area (Å²) in [6, 6.07) is 17.2. The lowest BCUT2D eigenvalue weighted by Gasteiger charge is -2.12. The smallest absolute Gasteiger partial charge is 0.0212 e. The zero-order valence-electron chi connectivity index (χ0n) is 13.0. The molecule has 0 atom stereocenters. The Labute approximate surface area is 132 Å². The maximum Gasteiger partial charge on any atom is 0.0212 e. The van der Waals surface area contributed by atoms with Gasteiger partial charge in [0.25, 0.3) is 0 Å². The molecule has 2 aromatic rings. The van der Waals surface area contributed by atoms with Crippen molar-refractivity contribution >= 4 is 0 Å².